The summed E-state index contributed by atoms with van der Waals surface area (Å²) in [6.45, 7) is 5.00. The van der Waals surface area contributed by atoms with Crippen molar-refractivity contribution < 1.29 is 0 Å². The van der Waals surface area contributed by atoms with Crippen LogP contribution in [0.4, 0.5) is 5.69 Å². The van der Waals surface area contributed by atoms with Crippen molar-refractivity contribution in [2.45, 2.75) is 20.0 Å². The van der Waals surface area contributed by atoms with E-state index in [1.807, 2.05) is 19.4 Å². The van der Waals surface area contributed by atoms with Gasteiger partial charge in [0.05, 0.1) is 18.4 Å². The molecular formula is C14H19N3S. The van der Waals surface area contributed by atoms with Crippen LogP contribution in [0.5, 0.6) is 0 Å². The average Bonchev–Trinajstić information content (AvgIpc) is 2.90. The lowest BCUT2D eigenvalue weighted by Gasteiger charge is -2.24. The van der Waals surface area contributed by atoms with E-state index in [4.69, 9.17) is 0 Å². The monoisotopic (exact) mass is 261 g/mol. The highest BCUT2D eigenvalue weighted by Gasteiger charge is 2.10. The van der Waals surface area contributed by atoms with Gasteiger partial charge in [0.25, 0.3) is 0 Å². The van der Waals surface area contributed by atoms with Crippen molar-refractivity contribution >= 4 is 17.0 Å². The molecule has 0 aliphatic rings. The van der Waals surface area contributed by atoms with Crippen LogP contribution in [0.25, 0.3) is 0 Å². The zero-order chi connectivity index (χ0) is 12.8. The first-order chi connectivity index (χ1) is 8.85. The smallest absolute Gasteiger partial charge is 0.0601 e. The standard InChI is InChI=1S/C14H19N3S/c1-3-17(11-13-5-4-8-18-13)14-10-16-7-6-12(14)9-15-2/h4-8,10,15H,3,9,11H2,1-2H3. The Labute approximate surface area is 112 Å². The fraction of sp³-hybridized carbons (Fsp3) is 0.357. The molecule has 2 heterocycles. The second-order valence-corrected chi connectivity index (χ2v) is 5.16. The molecule has 2 rings (SSSR count). The molecule has 0 atom stereocenters. The van der Waals surface area contributed by atoms with Crippen LogP contribution in [0.15, 0.2) is 36.0 Å². The molecule has 2 aromatic heterocycles. The highest BCUT2D eigenvalue weighted by molar-refractivity contribution is 7.09. The van der Waals surface area contributed by atoms with Crippen molar-refractivity contribution in [2.24, 2.45) is 0 Å². The molecule has 0 radical (unpaired) electrons. The van der Waals surface area contributed by atoms with E-state index in [9.17, 15) is 0 Å². The number of nitrogens with zero attached hydrogens (tertiary/aromatic N) is 2. The van der Waals surface area contributed by atoms with Gasteiger partial charge in [0.2, 0.25) is 0 Å². The average molecular weight is 261 g/mol. The van der Waals surface area contributed by atoms with E-state index < -0.39 is 0 Å². The lowest BCUT2D eigenvalue weighted by molar-refractivity contribution is 0.785. The van der Waals surface area contributed by atoms with E-state index in [1.54, 1.807) is 11.3 Å². The van der Waals surface area contributed by atoms with Gasteiger partial charge in [-0.2, -0.15) is 0 Å². The first-order valence-corrected chi connectivity index (χ1v) is 7.08. The van der Waals surface area contributed by atoms with Crippen LogP contribution in [-0.2, 0) is 13.1 Å². The molecule has 0 aromatic carbocycles. The van der Waals surface area contributed by atoms with Crippen LogP contribution in [0.3, 0.4) is 0 Å². The van der Waals surface area contributed by atoms with Gasteiger partial charge in [-0.15, -0.1) is 11.3 Å². The molecule has 4 heteroatoms. The molecule has 0 aliphatic heterocycles. The third-order valence-corrected chi connectivity index (χ3v) is 3.77. The number of rotatable bonds is 6. The lowest BCUT2D eigenvalue weighted by atomic mass is 10.2. The van der Waals surface area contributed by atoms with Gasteiger partial charge in [0, 0.05) is 24.2 Å². The summed E-state index contributed by atoms with van der Waals surface area (Å²) in [5.41, 5.74) is 2.52. The molecule has 0 saturated carbocycles. The summed E-state index contributed by atoms with van der Waals surface area (Å²) in [5.74, 6) is 0. The maximum Gasteiger partial charge on any atom is 0.0601 e. The summed E-state index contributed by atoms with van der Waals surface area (Å²) < 4.78 is 0. The van der Waals surface area contributed by atoms with Gasteiger partial charge < -0.3 is 10.2 Å². The Bertz CT molecular complexity index is 468. The summed E-state index contributed by atoms with van der Waals surface area (Å²) in [6, 6.07) is 6.37. The van der Waals surface area contributed by atoms with E-state index in [0.29, 0.717) is 0 Å². The zero-order valence-corrected chi connectivity index (χ0v) is 11.7. The number of pyridine rings is 1. The number of thiophene rings is 1. The number of hydrogen-bond acceptors (Lipinski definition) is 4. The van der Waals surface area contributed by atoms with E-state index in [0.717, 1.165) is 19.6 Å². The molecule has 0 amide bonds. The Hall–Kier alpha value is -1.39. The molecular weight excluding hydrogens is 242 g/mol. The lowest BCUT2D eigenvalue weighted by Crippen LogP contribution is -2.24. The van der Waals surface area contributed by atoms with Gasteiger partial charge in [-0.1, -0.05) is 6.07 Å². The molecule has 96 valence electrons. The maximum absolute atomic E-state index is 4.26. The molecule has 2 aromatic rings. The predicted molar refractivity (Wildman–Crippen MR) is 78.0 cm³/mol. The molecule has 0 spiro atoms. The highest BCUT2D eigenvalue weighted by Crippen LogP contribution is 2.22. The van der Waals surface area contributed by atoms with Crippen LogP contribution in [0.2, 0.25) is 0 Å². The van der Waals surface area contributed by atoms with Crippen molar-refractivity contribution in [2.75, 3.05) is 18.5 Å². The van der Waals surface area contributed by atoms with Crippen molar-refractivity contribution in [1.82, 2.24) is 10.3 Å². The molecule has 0 aliphatic carbocycles. The Kier molecular flexibility index (Phi) is 4.73. The topological polar surface area (TPSA) is 28.2 Å². The summed E-state index contributed by atoms with van der Waals surface area (Å²) in [7, 11) is 1.97. The second-order valence-electron chi connectivity index (χ2n) is 4.13. The van der Waals surface area contributed by atoms with Crippen LogP contribution in [-0.4, -0.2) is 18.6 Å². The van der Waals surface area contributed by atoms with Gasteiger partial charge in [0.1, 0.15) is 0 Å². The Morgan fingerprint density at radius 3 is 2.94 bits per heavy atom. The predicted octanol–water partition coefficient (Wildman–Crippen LogP) is 2.89. The Morgan fingerprint density at radius 2 is 2.28 bits per heavy atom. The third-order valence-electron chi connectivity index (χ3n) is 2.90. The van der Waals surface area contributed by atoms with Crippen LogP contribution >= 0.6 is 11.3 Å². The molecule has 0 bridgehead atoms. The quantitative estimate of drug-likeness (QED) is 0.866. The van der Waals surface area contributed by atoms with Crippen LogP contribution < -0.4 is 10.2 Å². The number of hydrogen-bond donors (Lipinski definition) is 1. The normalized spacial score (nSPS) is 10.6. The van der Waals surface area contributed by atoms with Gasteiger partial charge >= 0.3 is 0 Å². The SMILES string of the molecule is CCN(Cc1cccs1)c1cnccc1CNC. The van der Waals surface area contributed by atoms with Gasteiger partial charge in [-0.25, -0.2) is 0 Å². The molecule has 0 fully saturated rings. The Balaban J connectivity index is 2.21. The minimum absolute atomic E-state index is 0.874. The summed E-state index contributed by atoms with van der Waals surface area (Å²) >= 11 is 1.80. The van der Waals surface area contributed by atoms with E-state index in [2.05, 4.69) is 45.7 Å². The molecule has 3 nitrogen and oxygen atoms in total. The molecule has 0 unspecified atom stereocenters. The van der Waals surface area contributed by atoms with Crippen molar-refractivity contribution in [1.29, 1.82) is 0 Å². The van der Waals surface area contributed by atoms with Gasteiger partial charge in [-0.05, 0) is 37.0 Å². The Morgan fingerprint density at radius 1 is 1.39 bits per heavy atom. The van der Waals surface area contributed by atoms with Crippen LogP contribution in [0.1, 0.15) is 17.4 Å². The van der Waals surface area contributed by atoms with Gasteiger partial charge in [0.15, 0.2) is 0 Å². The summed E-state index contributed by atoms with van der Waals surface area (Å²) in [6.07, 6.45) is 3.82. The minimum Gasteiger partial charge on any atom is -0.365 e. The first kappa shape index (κ1) is 13.1. The fourth-order valence-electron chi connectivity index (χ4n) is 2.00. The highest BCUT2D eigenvalue weighted by atomic mass is 32.1. The second kappa shape index (κ2) is 6.52. The van der Waals surface area contributed by atoms with E-state index >= 15 is 0 Å². The number of anilines is 1. The van der Waals surface area contributed by atoms with Crippen molar-refractivity contribution in [3.05, 3.63) is 46.4 Å². The minimum atomic E-state index is 0.874. The first-order valence-electron chi connectivity index (χ1n) is 6.20. The maximum atomic E-state index is 4.26. The zero-order valence-electron chi connectivity index (χ0n) is 10.9. The van der Waals surface area contributed by atoms with Crippen LogP contribution in [0, 0.1) is 0 Å². The number of aromatic nitrogens is 1. The largest absolute Gasteiger partial charge is 0.365 e. The fourth-order valence-corrected chi connectivity index (χ4v) is 2.72. The van der Waals surface area contributed by atoms with Crippen molar-refractivity contribution in [3.8, 4) is 0 Å². The molecule has 0 saturated heterocycles. The van der Waals surface area contributed by atoms with E-state index in [-0.39, 0.29) is 0 Å². The van der Waals surface area contributed by atoms with Crippen molar-refractivity contribution in [3.63, 3.8) is 0 Å². The summed E-state index contributed by atoms with van der Waals surface area (Å²) in [5, 5.41) is 5.34. The number of nitrogens with one attached hydrogen (secondary N) is 1. The van der Waals surface area contributed by atoms with E-state index in [1.165, 1.54) is 16.1 Å². The molecule has 1 N–H and O–H groups in total. The summed E-state index contributed by atoms with van der Waals surface area (Å²) in [4.78, 5) is 8.01. The van der Waals surface area contributed by atoms with Gasteiger partial charge in [-0.3, -0.25) is 4.98 Å². The molecule has 18 heavy (non-hydrogen) atoms. The third kappa shape index (κ3) is 3.09.